The summed E-state index contributed by atoms with van der Waals surface area (Å²) in [5, 5.41) is 8.95. The Balaban J connectivity index is 1.41. The lowest BCUT2D eigenvalue weighted by Crippen LogP contribution is -2.34. The van der Waals surface area contributed by atoms with Crippen molar-refractivity contribution in [2.24, 2.45) is 0 Å². The third-order valence-electron chi connectivity index (χ3n) is 5.35. The SMILES string of the molecule is N#Cc1ccc(-c2ccc(OCC(=O)N(Cc3ccccc3)Cc3ccccc3)cc2)cc1. The first-order chi connectivity index (χ1) is 16.2. The fraction of sp³-hybridized carbons (Fsp3) is 0.103. The molecule has 0 spiro atoms. The van der Waals surface area contributed by atoms with Crippen LogP contribution in [0.2, 0.25) is 0 Å². The normalized spacial score (nSPS) is 10.3. The van der Waals surface area contributed by atoms with Crippen molar-refractivity contribution in [1.82, 2.24) is 4.90 Å². The average Bonchev–Trinajstić information content (AvgIpc) is 2.88. The lowest BCUT2D eigenvalue weighted by molar-refractivity contribution is -0.134. The van der Waals surface area contributed by atoms with Gasteiger partial charge < -0.3 is 9.64 Å². The molecule has 4 rings (SSSR count). The van der Waals surface area contributed by atoms with E-state index in [0.29, 0.717) is 24.4 Å². The second kappa shape index (κ2) is 10.8. The molecule has 0 aliphatic carbocycles. The molecule has 162 valence electrons. The van der Waals surface area contributed by atoms with Gasteiger partial charge in [-0.2, -0.15) is 5.26 Å². The maximum absolute atomic E-state index is 13.0. The third-order valence-corrected chi connectivity index (χ3v) is 5.35. The van der Waals surface area contributed by atoms with Gasteiger partial charge in [-0.3, -0.25) is 4.79 Å². The molecule has 0 heterocycles. The molecule has 4 aromatic rings. The minimum atomic E-state index is -0.0705. The van der Waals surface area contributed by atoms with E-state index in [1.807, 2.05) is 102 Å². The zero-order valence-corrected chi connectivity index (χ0v) is 18.2. The van der Waals surface area contributed by atoms with Gasteiger partial charge in [0, 0.05) is 13.1 Å². The summed E-state index contributed by atoms with van der Waals surface area (Å²) in [5.74, 6) is 0.569. The number of ether oxygens (including phenoxy) is 1. The Labute approximate surface area is 194 Å². The largest absolute Gasteiger partial charge is 0.484 e. The molecule has 0 aliphatic rings. The monoisotopic (exact) mass is 432 g/mol. The van der Waals surface area contributed by atoms with Crippen molar-refractivity contribution in [1.29, 1.82) is 5.26 Å². The topological polar surface area (TPSA) is 53.3 Å². The highest BCUT2D eigenvalue weighted by molar-refractivity contribution is 5.78. The fourth-order valence-electron chi connectivity index (χ4n) is 3.56. The van der Waals surface area contributed by atoms with Crippen LogP contribution < -0.4 is 4.74 Å². The van der Waals surface area contributed by atoms with Crippen molar-refractivity contribution in [3.8, 4) is 22.9 Å². The van der Waals surface area contributed by atoms with Crippen molar-refractivity contribution in [3.63, 3.8) is 0 Å². The Morgan fingerprint density at radius 2 is 1.18 bits per heavy atom. The molecule has 4 nitrogen and oxygen atoms in total. The van der Waals surface area contributed by atoms with Crippen LogP contribution in [0.5, 0.6) is 5.75 Å². The van der Waals surface area contributed by atoms with Gasteiger partial charge in [-0.1, -0.05) is 84.9 Å². The minimum Gasteiger partial charge on any atom is -0.484 e. The lowest BCUT2D eigenvalue weighted by Gasteiger charge is -2.23. The molecule has 0 unspecified atom stereocenters. The second-order valence-corrected chi connectivity index (χ2v) is 7.72. The summed E-state index contributed by atoms with van der Waals surface area (Å²) >= 11 is 0. The highest BCUT2D eigenvalue weighted by atomic mass is 16.5. The molecular formula is C29H24N2O2. The van der Waals surface area contributed by atoms with Crippen LogP contribution in [0, 0.1) is 11.3 Å². The maximum Gasteiger partial charge on any atom is 0.261 e. The van der Waals surface area contributed by atoms with E-state index in [-0.39, 0.29) is 12.5 Å². The van der Waals surface area contributed by atoms with Crippen LogP contribution in [0.25, 0.3) is 11.1 Å². The number of hydrogen-bond acceptors (Lipinski definition) is 3. The van der Waals surface area contributed by atoms with Gasteiger partial charge in [-0.05, 0) is 46.5 Å². The summed E-state index contributed by atoms with van der Waals surface area (Å²) in [6.45, 7) is 1.01. The van der Waals surface area contributed by atoms with Crippen molar-refractivity contribution < 1.29 is 9.53 Å². The van der Waals surface area contributed by atoms with Gasteiger partial charge in [0.25, 0.3) is 5.91 Å². The highest BCUT2D eigenvalue weighted by Gasteiger charge is 2.15. The van der Waals surface area contributed by atoms with E-state index in [4.69, 9.17) is 10.00 Å². The van der Waals surface area contributed by atoms with Gasteiger partial charge in [0.2, 0.25) is 0 Å². The number of carbonyl (C=O) groups is 1. The Bertz CT molecular complexity index is 1170. The van der Waals surface area contributed by atoms with Gasteiger partial charge >= 0.3 is 0 Å². The number of nitriles is 1. The van der Waals surface area contributed by atoms with Crippen molar-refractivity contribution >= 4 is 5.91 Å². The number of hydrogen-bond donors (Lipinski definition) is 0. The summed E-state index contributed by atoms with van der Waals surface area (Å²) in [7, 11) is 0. The zero-order valence-electron chi connectivity index (χ0n) is 18.2. The summed E-state index contributed by atoms with van der Waals surface area (Å²) in [6, 6.07) is 37.1. The number of nitrogens with zero attached hydrogens (tertiary/aromatic N) is 2. The van der Waals surface area contributed by atoms with Gasteiger partial charge in [-0.15, -0.1) is 0 Å². The van der Waals surface area contributed by atoms with Crippen LogP contribution in [-0.2, 0) is 17.9 Å². The molecule has 0 aliphatic heterocycles. The van der Waals surface area contributed by atoms with Crippen molar-refractivity contribution in [3.05, 3.63) is 126 Å². The van der Waals surface area contributed by atoms with Gasteiger partial charge in [0.1, 0.15) is 5.75 Å². The molecule has 0 radical (unpaired) electrons. The molecule has 33 heavy (non-hydrogen) atoms. The Hall–Kier alpha value is -4.36. The van der Waals surface area contributed by atoms with E-state index in [1.54, 1.807) is 12.1 Å². The van der Waals surface area contributed by atoms with E-state index in [9.17, 15) is 4.79 Å². The van der Waals surface area contributed by atoms with Crippen molar-refractivity contribution in [2.45, 2.75) is 13.1 Å². The minimum absolute atomic E-state index is 0.0319. The zero-order chi connectivity index (χ0) is 22.9. The van der Waals surface area contributed by atoms with Crippen LogP contribution in [0.1, 0.15) is 16.7 Å². The number of benzene rings is 4. The van der Waals surface area contributed by atoms with Crippen LogP contribution >= 0.6 is 0 Å². The van der Waals surface area contributed by atoms with E-state index < -0.39 is 0 Å². The van der Waals surface area contributed by atoms with E-state index >= 15 is 0 Å². The van der Waals surface area contributed by atoms with E-state index in [1.165, 1.54) is 0 Å². The smallest absolute Gasteiger partial charge is 0.261 e. The van der Waals surface area contributed by atoms with Crippen LogP contribution in [-0.4, -0.2) is 17.4 Å². The number of rotatable bonds is 8. The molecule has 0 aromatic heterocycles. The third kappa shape index (κ3) is 6.09. The molecule has 0 saturated carbocycles. The number of amides is 1. The predicted octanol–water partition coefficient (Wildman–Crippen LogP) is 5.83. The Morgan fingerprint density at radius 1 is 0.697 bits per heavy atom. The Morgan fingerprint density at radius 3 is 1.67 bits per heavy atom. The first-order valence-electron chi connectivity index (χ1n) is 10.8. The standard InChI is InChI=1S/C29H24N2O2/c30-19-23-11-13-26(14-12-23)27-15-17-28(18-16-27)33-22-29(32)31(20-24-7-3-1-4-8-24)21-25-9-5-2-6-10-25/h1-18H,20-22H2. The van der Waals surface area contributed by atoms with Gasteiger partial charge in [0.15, 0.2) is 6.61 Å². The van der Waals surface area contributed by atoms with Crippen LogP contribution in [0.4, 0.5) is 0 Å². The van der Waals surface area contributed by atoms with Gasteiger partial charge in [0.05, 0.1) is 11.6 Å². The lowest BCUT2D eigenvalue weighted by atomic mass is 10.0. The fourth-order valence-corrected chi connectivity index (χ4v) is 3.56. The van der Waals surface area contributed by atoms with Gasteiger partial charge in [-0.25, -0.2) is 0 Å². The number of carbonyl (C=O) groups excluding carboxylic acids is 1. The molecule has 1 amide bonds. The van der Waals surface area contributed by atoms with Crippen molar-refractivity contribution in [2.75, 3.05) is 6.61 Å². The quantitative estimate of drug-likeness (QED) is 0.352. The highest BCUT2D eigenvalue weighted by Crippen LogP contribution is 2.23. The van der Waals surface area contributed by atoms with Crippen LogP contribution in [0.15, 0.2) is 109 Å². The average molecular weight is 433 g/mol. The molecule has 0 fully saturated rings. The molecule has 4 aromatic carbocycles. The molecular weight excluding hydrogens is 408 g/mol. The summed E-state index contributed by atoms with van der Waals surface area (Å²) < 4.78 is 5.82. The van der Waals surface area contributed by atoms with E-state index in [0.717, 1.165) is 22.3 Å². The summed E-state index contributed by atoms with van der Waals surface area (Å²) in [4.78, 5) is 14.9. The second-order valence-electron chi connectivity index (χ2n) is 7.72. The predicted molar refractivity (Wildman–Crippen MR) is 129 cm³/mol. The first kappa shape index (κ1) is 21.9. The molecule has 0 N–H and O–H groups in total. The molecule has 0 atom stereocenters. The summed E-state index contributed by atoms with van der Waals surface area (Å²) in [6.07, 6.45) is 0. The summed E-state index contributed by atoms with van der Waals surface area (Å²) in [5.41, 5.74) is 4.83. The molecule has 0 saturated heterocycles. The van der Waals surface area contributed by atoms with E-state index in [2.05, 4.69) is 6.07 Å². The maximum atomic E-state index is 13.0. The Kier molecular flexibility index (Phi) is 7.15. The van der Waals surface area contributed by atoms with Crippen LogP contribution in [0.3, 0.4) is 0 Å². The molecule has 4 heteroatoms. The first-order valence-corrected chi connectivity index (χ1v) is 10.8. The molecule has 0 bridgehead atoms.